The molecule has 2 N–H and O–H groups in total. The Morgan fingerprint density at radius 2 is 1.80 bits per heavy atom. The molecule has 20 heavy (non-hydrogen) atoms. The first-order chi connectivity index (χ1) is 9.01. The summed E-state index contributed by atoms with van der Waals surface area (Å²) < 4.78 is 39.8. The summed E-state index contributed by atoms with van der Waals surface area (Å²) in [5, 5.41) is 0. The van der Waals surface area contributed by atoms with Crippen LogP contribution in [0.3, 0.4) is 0 Å². The molecule has 1 aromatic rings. The van der Waals surface area contributed by atoms with Crippen LogP contribution in [0.15, 0.2) is 23.2 Å². The Kier molecular flexibility index (Phi) is 3.20. The van der Waals surface area contributed by atoms with Crippen LogP contribution in [0.2, 0.25) is 0 Å². The number of halogens is 2. The molecule has 0 fully saturated rings. The van der Waals surface area contributed by atoms with Crippen LogP contribution in [0, 0.1) is 11.6 Å². The van der Waals surface area contributed by atoms with Gasteiger partial charge in [-0.25, -0.2) is 8.78 Å². The van der Waals surface area contributed by atoms with Gasteiger partial charge in [0.2, 0.25) is 0 Å². The van der Waals surface area contributed by atoms with Crippen LogP contribution in [0.5, 0.6) is 0 Å². The van der Waals surface area contributed by atoms with Gasteiger partial charge in [-0.1, -0.05) is 6.07 Å². The van der Waals surface area contributed by atoms with Crippen LogP contribution in [0.4, 0.5) is 8.78 Å². The molecule has 0 spiro atoms. The van der Waals surface area contributed by atoms with Crippen LogP contribution in [0.1, 0.15) is 26.3 Å². The third-order valence-corrected chi connectivity index (χ3v) is 7.03. The maximum Gasteiger partial charge on any atom is 0.131 e. The van der Waals surface area contributed by atoms with Crippen LogP contribution >= 0.6 is 0 Å². The van der Waals surface area contributed by atoms with Gasteiger partial charge in [0.05, 0.1) is 10.3 Å². The molecule has 1 heterocycles. The van der Waals surface area contributed by atoms with Crippen LogP contribution in [-0.4, -0.2) is 26.4 Å². The molecular weight excluding hydrogens is 282 g/mol. The van der Waals surface area contributed by atoms with Crippen LogP contribution in [0.25, 0.3) is 0 Å². The molecule has 0 bridgehead atoms. The maximum absolute atomic E-state index is 14.0. The lowest BCUT2D eigenvalue weighted by atomic mass is 9.92. The van der Waals surface area contributed by atoms with Gasteiger partial charge in [-0.2, -0.15) is 0 Å². The summed E-state index contributed by atoms with van der Waals surface area (Å²) in [4.78, 5) is 4.25. The largest absolute Gasteiger partial charge is 0.386 e. The predicted molar refractivity (Wildman–Crippen MR) is 79.5 cm³/mol. The van der Waals surface area contributed by atoms with E-state index in [1.54, 1.807) is 13.8 Å². The van der Waals surface area contributed by atoms with Gasteiger partial charge in [0, 0.05) is 5.75 Å². The Labute approximate surface area is 117 Å². The first kappa shape index (κ1) is 15.0. The zero-order chi connectivity index (χ0) is 15.3. The van der Waals surface area contributed by atoms with E-state index in [0.29, 0.717) is 0 Å². The van der Waals surface area contributed by atoms with Crippen LogP contribution in [-0.2, 0) is 15.1 Å². The van der Waals surface area contributed by atoms with Gasteiger partial charge in [0.25, 0.3) is 0 Å². The number of benzene rings is 1. The summed E-state index contributed by atoms with van der Waals surface area (Å²) >= 11 is 0. The third kappa shape index (κ3) is 2.02. The van der Waals surface area contributed by atoms with E-state index in [2.05, 4.69) is 10.9 Å². The van der Waals surface area contributed by atoms with E-state index >= 15 is 0 Å². The maximum atomic E-state index is 14.0. The molecule has 1 aliphatic rings. The molecule has 110 valence electrons. The second-order valence-electron chi connectivity index (χ2n) is 5.83. The van der Waals surface area contributed by atoms with Crippen molar-refractivity contribution in [3.05, 3.63) is 35.4 Å². The zero-order valence-corrected chi connectivity index (χ0v) is 12.6. The highest BCUT2D eigenvalue weighted by Crippen LogP contribution is 2.38. The van der Waals surface area contributed by atoms with Crippen molar-refractivity contribution in [3.63, 3.8) is 0 Å². The minimum Gasteiger partial charge on any atom is -0.386 e. The third-order valence-electron chi connectivity index (χ3n) is 3.93. The van der Waals surface area contributed by atoms with E-state index in [0.717, 1.165) is 12.1 Å². The molecule has 1 unspecified atom stereocenters. The highest BCUT2D eigenvalue weighted by molar-refractivity contribution is 8.02. The summed E-state index contributed by atoms with van der Waals surface area (Å²) in [6.45, 7) is 4.89. The number of hydrogen-bond donors (Lipinski definition) is 1. The van der Waals surface area contributed by atoms with E-state index in [-0.39, 0.29) is 17.2 Å². The van der Waals surface area contributed by atoms with Crippen molar-refractivity contribution in [3.8, 4) is 0 Å². The molecule has 0 saturated heterocycles. The summed E-state index contributed by atoms with van der Waals surface area (Å²) in [6.07, 6.45) is 0. The molecular formula is C14H18F2N2OS. The number of hydrogen-bond acceptors (Lipinski definition) is 3. The topological polar surface area (TPSA) is 55.5 Å². The average molecular weight is 300 g/mol. The van der Waals surface area contributed by atoms with Crippen molar-refractivity contribution in [1.29, 1.82) is 0 Å². The average Bonchev–Trinajstić information content (AvgIpc) is 2.25. The van der Waals surface area contributed by atoms with Gasteiger partial charge in [-0.3, -0.25) is 9.20 Å². The molecule has 1 aromatic carbocycles. The van der Waals surface area contributed by atoms with Crippen molar-refractivity contribution in [2.24, 2.45) is 10.7 Å². The monoisotopic (exact) mass is 300 g/mol. The molecule has 3 nitrogen and oxygen atoms in total. The van der Waals surface area contributed by atoms with Crippen molar-refractivity contribution in [1.82, 2.24) is 0 Å². The van der Waals surface area contributed by atoms with Gasteiger partial charge in [-0.15, -0.1) is 0 Å². The van der Waals surface area contributed by atoms with Crippen molar-refractivity contribution < 1.29 is 13.0 Å². The number of nitrogens with zero attached hydrogens (tertiary/aromatic N) is 1. The Morgan fingerprint density at radius 3 is 2.25 bits per heavy atom. The lowest BCUT2D eigenvalue weighted by molar-refractivity contribution is 0.455. The van der Waals surface area contributed by atoms with Crippen molar-refractivity contribution >= 4 is 21.2 Å². The first-order valence-electron chi connectivity index (χ1n) is 6.16. The smallest absolute Gasteiger partial charge is 0.131 e. The minimum atomic E-state index is -2.69. The Bertz CT molecular complexity index is 675. The summed E-state index contributed by atoms with van der Waals surface area (Å²) in [7, 11) is -2.69. The van der Waals surface area contributed by atoms with Gasteiger partial charge < -0.3 is 5.73 Å². The standard InChI is InChI=1S/C14H18F2N2OS/c1-13(2)12(17)18-14(3,8-20(13,4)19)11-9(15)6-5-7-10(11)16/h5-7H,4,8H2,1-3H3,(H2,17,18)/t14-,20?/m0/s1. The Hall–Kier alpha value is -1.43. The molecule has 0 radical (unpaired) electrons. The molecule has 0 aromatic heterocycles. The summed E-state index contributed by atoms with van der Waals surface area (Å²) in [5.41, 5.74) is 4.36. The van der Waals surface area contributed by atoms with Gasteiger partial charge in [0.1, 0.15) is 23.0 Å². The second-order valence-corrected chi connectivity index (χ2v) is 8.77. The summed E-state index contributed by atoms with van der Waals surface area (Å²) in [6, 6.07) is 3.58. The number of nitrogens with two attached hydrogens (primary N) is 1. The lowest BCUT2D eigenvalue weighted by Gasteiger charge is -2.41. The molecule has 1 aliphatic heterocycles. The number of amidine groups is 1. The van der Waals surface area contributed by atoms with Gasteiger partial charge in [-0.05, 0) is 48.3 Å². The Balaban J connectivity index is 2.73. The predicted octanol–water partition coefficient (Wildman–Crippen LogP) is 2.05. The van der Waals surface area contributed by atoms with Crippen molar-refractivity contribution in [2.45, 2.75) is 31.1 Å². The molecule has 0 aliphatic carbocycles. The fraction of sp³-hybridized carbons (Fsp3) is 0.429. The molecule has 0 amide bonds. The molecule has 6 heteroatoms. The van der Waals surface area contributed by atoms with E-state index in [1.165, 1.54) is 13.0 Å². The van der Waals surface area contributed by atoms with E-state index in [4.69, 9.17) is 5.73 Å². The van der Waals surface area contributed by atoms with Crippen molar-refractivity contribution in [2.75, 3.05) is 5.75 Å². The van der Waals surface area contributed by atoms with Gasteiger partial charge >= 0.3 is 0 Å². The number of rotatable bonds is 1. The molecule has 2 atom stereocenters. The quantitative estimate of drug-likeness (QED) is 0.807. The normalized spacial score (nSPS) is 32.8. The highest BCUT2D eigenvalue weighted by Gasteiger charge is 2.46. The summed E-state index contributed by atoms with van der Waals surface area (Å²) in [5.74, 6) is 2.34. The second kappa shape index (κ2) is 4.28. The fourth-order valence-electron chi connectivity index (χ4n) is 2.40. The van der Waals surface area contributed by atoms with Gasteiger partial charge in [0.15, 0.2) is 0 Å². The van der Waals surface area contributed by atoms with E-state index < -0.39 is 31.4 Å². The Morgan fingerprint density at radius 1 is 1.30 bits per heavy atom. The molecule has 2 rings (SSSR count). The SMILES string of the molecule is C=S1(=O)C[C@@](C)(c2c(F)cccc2F)N=C(N)C1(C)C. The zero-order valence-electron chi connectivity index (χ0n) is 11.7. The fourth-order valence-corrected chi connectivity index (χ4v) is 4.30. The van der Waals surface area contributed by atoms with E-state index in [9.17, 15) is 13.0 Å². The van der Waals surface area contributed by atoms with E-state index in [1.807, 2.05) is 0 Å². The van der Waals surface area contributed by atoms with Crippen LogP contribution < -0.4 is 5.73 Å². The minimum absolute atomic E-state index is 0.0500. The number of aliphatic imine (C=N–C) groups is 1. The molecule has 0 saturated carbocycles. The lowest BCUT2D eigenvalue weighted by Crippen LogP contribution is -2.55. The highest BCUT2D eigenvalue weighted by atomic mass is 32.2. The first-order valence-corrected chi connectivity index (χ1v) is 8.06.